The van der Waals surface area contributed by atoms with E-state index in [1.807, 2.05) is 36.4 Å². The average molecular weight is 491 g/mol. The molecule has 0 aromatic heterocycles. The molecule has 3 atom stereocenters. The lowest BCUT2D eigenvalue weighted by Crippen LogP contribution is -2.67. The molecule has 2 aliphatic rings. The van der Waals surface area contributed by atoms with Crippen LogP contribution in [0.3, 0.4) is 0 Å². The maximum atomic E-state index is 13.4. The third-order valence-electron chi connectivity index (χ3n) is 7.67. The first kappa shape index (κ1) is 24.2. The van der Waals surface area contributed by atoms with Gasteiger partial charge in [-0.25, -0.2) is 12.7 Å². The Balaban J connectivity index is 1.39. The number of fused-ring (bicyclic) bond motifs is 1. The number of benzene rings is 3. The topological polar surface area (TPSA) is 60.9 Å². The van der Waals surface area contributed by atoms with Gasteiger partial charge in [-0.2, -0.15) is 0 Å². The number of nitrogens with zero attached hydrogens (tertiary/aromatic N) is 2. The van der Waals surface area contributed by atoms with Crippen LogP contribution in [0.5, 0.6) is 0 Å². The monoisotopic (exact) mass is 490 g/mol. The number of aliphatic hydroxyl groups is 1. The fourth-order valence-electron chi connectivity index (χ4n) is 5.82. The van der Waals surface area contributed by atoms with Gasteiger partial charge in [-0.1, -0.05) is 78.9 Å². The molecule has 2 aliphatic heterocycles. The molecule has 5 nitrogen and oxygen atoms in total. The molecule has 35 heavy (non-hydrogen) atoms. The Bertz CT molecular complexity index is 1240. The van der Waals surface area contributed by atoms with E-state index in [-0.39, 0.29) is 30.4 Å². The van der Waals surface area contributed by atoms with Gasteiger partial charge in [0, 0.05) is 31.1 Å². The van der Waals surface area contributed by atoms with E-state index in [9.17, 15) is 13.5 Å². The van der Waals surface area contributed by atoms with Crippen molar-refractivity contribution >= 4 is 10.0 Å². The van der Waals surface area contributed by atoms with E-state index in [0.717, 1.165) is 24.9 Å². The predicted octanol–water partition coefficient (Wildman–Crippen LogP) is 4.42. The van der Waals surface area contributed by atoms with Crippen LogP contribution >= 0.6 is 0 Å². The summed E-state index contributed by atoms with van der Waals surface area (Å²) in [5.41, 5.74) is 5.62. The lowest BCUT2D eigenvalue weighted by Gasteiger charge is -2.57. The standard InChI is InChI=1S/C29H34N2O3S/c1-22-9-5-6-12-26(22)24-13-15-25(16-14-24)29-27-19-30(17-7-8-18-31(27)28(29)20-32)35(33,34)21-23-10-3-2-4-11-23/h2-6,9-16,27-29,32H,7-8,17-21H2,1H3/t27-,28-,29+/m1/s1. The van der Waals surface area contributed by atoms with Crippen LogP contribution in [-0.2, 0) is 15.8 Å². The summed E-state index contributed by atoms with van der Waals surface area (Å²) < 4.78 is 28.5. The molecule has 1 N–H and O–H groups in total. The molecule has 3 aromatic rings. The smallest absolute Gasteiger partial charge is 0.218 e. The fourth-order valence-corrected chi connectivity index (χ4v) is 7.40. The predicted molar refractivity (Wildman–Crippen MR) is 141 cm³/mol. The van der Waals surface area contributed by atoms with Crippen molar-refractivity contribution in [3.8, 4) is 11.1 Å². The summed E-state index contributed by atoms with van der Waals surface area (Å²) in [5.74, 6) is 0.137. The van der Waals surface area contributed by atoms with Crippen LogP contribution in [0.2, 0.25) is 0 Å². The fraction of sp³-hybridized carbons (Fsp3) is 0.379. The highest BCUT2D eigenvalue weighted by atomic mass is 32.2. The summed E-state index contributed by atoms with van der Waals surface area (Å²) in [6.45, 7) is 4.13. The van der Waals surface area contributed by atoms with Gasteiger partial charge in [-0.3, -0.25) is 4.90 Å². The van der Waals surface area contributed by atoms with E-state index in [4.69, 9.17) is 0 Å². The normalized spacial score (nSPS) is 23.7. The van der Waals surface area contributed by atoms with Crippen LogP contribution in [0.4, 0.5) is 0 Å². The molecule has 0 spiro atoms. The molecular weight excluding hydrogens is 456 g/mol. The first-order valence-corrected chi connectivity index (χ1v) is 14.1. The minimum atomic E-state index is -3.43. The van der Waals surface area contributed by atoms with Gasteiger partial charge in [0.15, 0.2) is 0 Å². The van der Waals surface area contributed by atoms with E-state index in [1.54, 1.807) is 4.31 Å². The number of hydrogen-bond acceptors (Lipinski definition) is 4. The molecule has 0 bridgehead atoms. The van der Waals surface area contributed by atoms with E-state index in [2.05, 4.69) is 54.3 Å². The molecule has 0 saturated carbocycles. The first-order chi connectivity index (χ1) is 17.0. The van der Waals surface area contributed by atoms with Crippen molar-refractivity contribution in [2.24, 2.45) is 0 Å². The zero-order chi connectivity index (χ0) is 24.4. The summed E-state index contributed by atoms with van der Waals surface area (Å²) in [7, 11) is -3.43. The second kappa shape index (κ2) is 10.2. The maximum absolute atomic E-state index is 13.4. The molecule has 5 rings (SSSR count). The Morgan fingerprint density at radius 1 is 0.886 bits per heavy atom. The molecule has 0 radical (unpaired) electrons. The van der Waals surface area contributed by atoms with E-state index < -0.39 is 10.0 Å². The van der Waals surface area contributed by atoms with E-state index in [0.29, 0.717) is 13.1 Å². The quantitative estimate of drug-likeness (QED) is 0.556. The van der Waals surface area contributed by atoms with E-state index >= 15 is 0 Å². The second-order valence-electron chi connectivity index (χ2n) is 9.82. The van der Waals surface area contributed by atoms with Crippen LogP contribution in [0, 0.1) is 6.92 Å². The minimum absolute atomic E-state index is 0.0276. The van der Waals surface area contributed by atoms with Crippen LogP contribution in [0.15, 0.2) is 78.9 Å². The molecule has 0 amide bonds. The number of aryl methyl sites for hydroxylation is 1. The van der Waals surface area contributed by atoms with Crippen molar-refractivity contribution in [3.63, 3.8) is 0 Å². The third kappa shape index (κ3) is 4.94. The summed E-state index contributed by atoms with van der Waals surface area (Å²) in [6.07, 6.45) is 1.77. The van der Waals surface area contributed by atoms with E-state index in [1.165, 1.54) is 22.3 Å². The molecule has 184 valence electrons. The van der Waals surface area contributed by atoms with Gasteiger partial charge in [-0.05, 0) is 54.1 Å². The molecule has 0 aliphatic carbocycles. The highest BCUT2D eigenvalue weighted by Crippen LogP contribution is 2.42. The third-order valence-corrected chi connectivity index (χ3v) is 9.49. The zero-order valence-corrected chi connectivity index (χ0v) is 21.1. The summed E-state index contributed by atoms with van der Waals surface area (Å²) in [5, 5.41) is 10.2. The zero-order valence-electron chi connectivity index (χ0n) is 20.3. The van der Waals surface area contributed by atoms with Gasteiger partial charge in [0.05, 0.1) is 12.4 Å². The number of sulfonamides is 1. The Labute approximate surface area is 209 Å². The molecule has 2 saturated heterocycles. The van der Waals surface area contributed by atoms with Gasteiger partial charge in [0.25, 0.3) is 0 Å². The summed E-state index contributed by atoms with van der Waals surface area (Å²) in [4.78, 5) is 2.32. The number of aliphatic hydroxyl groups excluding tert-OH is 1. The van der Waals surface area contributed by atoms with Crippen LogP contribution in [-0.4, -0.2) is 61.1 Å². The summed E-state index contributed by atoms with van der Waals surface area (Å²) in [6, 6.07) is 26.5. The van der Waals surface area contributed by atoms with Crippen molar-refractivity contribution in [2.75, 3.05) is 26.2 Å². The Morgan fingerprint density at radius 3 is 2.29 bits per heavy atom. The number of hydrogen-bond donors (Lipinski definition) is 1. The van der Waals surface area contributed by atoms with Crippen molar-refractivity contribution < 1.29 is 13.5 Å². The highest BCUT2D eigenvalue weighted by molar-refractivity contribution is 7.88. The Kier molecular flexibility index (Phi) is 7.07. The van der Waals surface area contributed by atoms with Crippen molar-refractivity contribution in [3.05, 3.63) is 95.6 Å². The first-order valence-electron chi connectivity index (χ1n) is 12.5. The molecule has 2 heterocycles. The largest absolute Gasteiger partial charge is 0.395 e. The second-order valence-corrected chi connectivity index (χ2v) is 11.8. The van der Waals surface area contributed by atoms with Crippen LogP contribution in [0.1, 0.15) is 35.4 Å². The SMILES string of the molecule is Cc1ccccc1-c1ccc([C@@H]2[C@@H](CO)N3CCCCN(S(=O)(=O)Cc4ccccc4)C[C@H]23)cc1. The maximum Gasteiger partial charge on any atom is 0.218 e. The molecule has 2 fully saturated rings. The minimum Gasteiger partial charge on any atom is -0.395 e. The van der Waals surface area contributed by atoms with Crippen LogP contribution in [0.25, 0.3) is 11.1 Å². The van der Waals surface area contributed by atoms with Gasteiger partial charge in [0.2, 0.25) is 10.0 Å². The van der Waals surface area contributed by atoms with Crippen molar-refractivity contribution in [1.82, 2.24) is 9.21 Å². The number of rotatable bonds is 6. The van der Waals surface area contributed by atoms with Crippen molar-refractivity contribution in [2.45, 2.75) is 43.5 Å². The van der Waals surface area contributed by atoms with Gasteiger partial charge in [-0.15, -0.1) is 0 Å². The Morgan fingerprint density at radius 2 is 1.57 bits per heavy atom. The Hall–Kier alpha value is -2.51. The molecular formula is C29H34N2O3S. The summed E-state index contributed by atoms with van der Waals surface area (Å²) >= 11 is 0. The van der Waals surface area contributed by atoms with Gasteiger partial charge in [0.1, 0.15) is 0 Å². The molecule has 3 aromatic carbocycles. The highest BCUT2D eigenvalue weighted by Gasteiger charge is 2.50. The lowest BCUT2D eigenvalue weighted by atomic mass is 9.74. The van der Waals surface area contributed by atoms with Crippen molar-refractivity contribution in [1.29, 1.82) is 0 Å². The van der Waals surface area contributed by atoms with Gasteiger partial charge < -0.3 is 5.11 Å². The van der Waals surface area contributed by atoms with Gasteiger partial charge >= 0.3 is 0 Å². The molecule has 6 heteroatoms. The average Bonchev–Trinajstić information content (AvgIpc) is 2.84. The van der Waals surface area contributed by atoms with Crippen LogP contribution < -0.4 is 0 Å². The molecule has 0 unspecified atom stereocenters. The lowest BCUT2D eigenvalue weighted by molar-refractivity contribution is -0.0554.